The van der Waals surface area contributed by atoms with Crippen LogP contribution >= 0.6 is 0 Å². The van der Waals surface area contributed by atoms with Crippen LogP contribution in [0.4, 0.5) is 0 Å². The van der Waals surface area contributed by atoms with Gasteiger partial charge in [0.15, 0.2) is 0 Å². The molecule has 0 aliphatic carbocycles. The molecule has 0 radical (unpaired) electrons. The van der Waals surface area contributed by atoms with E-state index in [1.54, 1.807) is 19.1 Å². The van der Waals surface area contributed by atoms with E-state index in [0.717, 1.165) is 0 Å². The zero-order valence-electron chi connectivity index (χ0n) is 12.6. The van der Waals surface area contributed by atoms with Gasteiger partial charge in [0.25, 0.3) is 0 Å². The smallest absolute Gasteiger partial charge is 0.338 e. The molecular weight excluding hydrogens is 318 g/mol. The van der Waals surface area contributed by atoms with Gasteiger partial charge in [0.2, 0.25) is 10.0 Å². The molecule has 0 spiro atoms. The predicted octanol–water partition coefficient (Wildman–Crippen LogP) is 1.88. The summed E-state index contributed by atoms with van der Waals surface area (Å²) < 4.78 is 33.2. The first kappa shape index (κ1) is 17.0. The highest BCUT2D eigenvalue weighted by Crippen LogP contribution is 2.15. The molecule has 0 aliphatic heterocycles. The molecule has 0 saturated carbocycles. The highest BCUT2D eigenvalue weighted by atomic mass is 32.2. The summed E-state index contributed by atoms with van der Waals surface area (Å²) in [5.74, 6) is 0.0561. The molecule has 122 valence electrons. The molecule has 0 aromatic heterocycles. The van der Waals surface area contributed by atoms with Crippen LogP contribution < -0.4 is 9.88 Å². The van der Waals surface area contributed by atoms with Gasteiger partial charge in [-0.2, -0.15) is 0 Å². The number of carbonyl (C=O) groups is 1. The number of sulfonamides is 1. The molecule has 0 aliphatic rings. The number of aryl methyl sites for hydroxylation is 1. The van der Waals surface area contributed by atoms with Crippen molar-refractivity contribution < 1.29 is 22.7 Å². The van der Waals surface area contributed by atoms with E-state index >= 15 is 0 Å². The highest BCUT2D eigenvalue weighted by molar-refractivity contribution is 7.89. The van der Waals surface area contributed by atoms with Crippen molar-refractivity contribution in [1.29, 1.82) is 0 Å². The van der Waals surface area contributed by atoms with Gasteiger partial charge in [-0.1, -0.05) is 24.3 Å². The quantitative estimate of drug-likeness (QED) is 0.642. The number of carbonyl (C=O) groups excluding carboxylic acids is 1. The average molecular weight is 335 g/mol. The van der Waals surface area contributed by atoms with Crippen molar-refractivity contribution in [3.05, 3.63) is 59.7 Å². The molecule has 0 fully saturated rings. The topological polar surface area (TPSA) is 95.7 Å². The normalized spacial score (nSPS) is 11.0. The van der Waals surface area contributed by atoms with Crippen LogP contribution in [0.25, 0.3) is 0 Å². The fourth-order valence-electron chi connectivity index (χ4n) is 1.89. The SMILES string of the molecule is Cc1ccc(S(N)(=O)=O)cc1C(=O)OCCOc1ccccc1. The van der Waals surface area contributed by atoms with Crippen molar-refractivity contribution in [2.24, 2.45) is 5.14 Å². The number of rotatable bonds is 6. The Hall–Kier alpha value is -2.38. The van der Waals surface area contributed by atoms with Crippen LogP contribution in [-0.4, -0.2) is 27.6 Å². The van der Waals surface area contributed by atoms with Crippen LogP contribution in [0, 0.1) is 6.92 Å². The zero-order valence-corrected chi connectivity index (χ0v) is 13.4. The van der Waals surface area contributed by atoms with Gasteiger partial charge in [0, 0.05) is 0 Å². The summed E-state index contributed by atoms with van der Waals surface area (Å²) in [4.78, 5) is 11.9. The molecular formula is C16H17NO5S. The molecule has 0 amide bonds. The fraction of sp³-hybridized carbons (Fsp3) is 0.188. The molecule has 0 saturated heterocycles. The van der Waals surface area contributed by atoms with Crippen LogP contribution in [0.15, 0.2) is 53.4 Å². The van der Waals surface area contributed by atoms with Crippen LogP contribution in [0.5, 0.6) is 5.75 Å². The van der Waals surface area contributed by atoms with Gasteiger partial charge in [-0.3, -0.25) is 0 Å². The molecule has 2 N–H and O–H groups in total. The van der Waals surface area contributed by atoms with Gasteiger partial charge in [-0.15, -0.1) is 0 Å². The summed E-state index contributed by atoms with van der Waals surface area (Å²) in [6.07, 6.45) is 0. The largest absolute Gasteiger partial charge is 0.490 e. The number of primary sulfonamides is 1. The van der Waals surface area contributed by atoms with Crippen molar-refractivity contribution in [2.45, 2.75) is 11.8 Å². The number of hydrogen-bond acceptors (Lipinski definition) is 5. The lowest BCUT2D eigenvalue weighted by atomic mass is 10.1. The second-order valence-electron chi connectivity index (χ2n) is 4.82. The van der Waals surface area contributed by atoms with E-state index in [-0.39, 0.29) is 23.7 Å². The molecule has 0 atom stereocenters. The number of benzene rings is 2. The molecule has 2 rings (SSSR count). The Balaban J connectivity index is 1.95. The number of esters is 1. The zero-order chi connectivity index (χ0) is 16.9. The highest BCUT2D eigenvalue weighted by Gasteiger charge is 2.15. The maximum atomic E-state index is 12.0. The fourth-order valence-corrected chi connectivity index (χ4v) is 2.43. The first-order chi connectivity index (χ1) is 10.9. The molecule has 2 aromatic rings. The minimum Gasteiger partial charge on any atom is -0.490 e. The van der Waals surface area contributed by atoms with Crippen LogP contribution in [0.3, 0.4) is 0 Å². The minimum atomic E-state index is -3.87. The summed E-state index contributed by atoms with van der Waals surface area (Å²) in [6, 6.07) is 13.2. The van der Waals surface area contributed by atoms with E-state index in [1.807, 2.05) is 18.2 Å². The lowest BCUT2D eigenvalue weighted by Gasteiger charge is -2.09. The average Bonchev–Trinajstić information content (AvgIpc) is 2.51. The predicted molar refractivity (Wildman–Crippen MR) is 84.8 cm³/mol. The third-order valence-electron chi connectivity index (χ3n) is 3.09. The molecule has 0 unspecified atom stereocenters. The van der Waals surface area contributed by atoms with Gasteiger partial charge in [-0.25, -0.2) is 18.4 Å². The van der Waals surface area contributed by atoms with E-state index in [1.165, 1.54) is 18.2 Å². The maximum Gasteiger partial charge on any atom is 0.338 e. The summed E-state index contributed by atoms with van der Waals surface area (Å²) >= 11 is 0. The second-order valence-corrected chi connectivity index (χ2v) is 6.38. The van der Waals surface area contributed by atoms with E-state index in [4.69, 9.17) is 14.6 Å². The van der Waals surface area contributed by atoms with Crippen molar-refractivity contribution >= 4 is 16.0 Å². The Morgan fingerprint density at radius 1 is 1.09 bits per heavy atom. The molecule has 0 bridgehead atoms. The van der Waals surface area contributed by atoms with Gasteiger partial charge in [0.1, 0.15) is 19.0 Å². The Morgan fingerprint density at radius 3 is 2.43 bits per heavy atom. The summed E-state index contributed by atoms with van der Waals surface area (Å²) in [5.41, 5.74) is 0.766. The summed E-state index contributed by atoms with van der Waals surface area (Å²) in [5, 5.41) is 5.06. The third kappa shape index (κ3) is 4.80. The summed E-state index contributed by atoms with van der Waals surface area (Å²) in [7, 11) is -3.87. The minimum absolute atomic E-state index is 0.0484. The number of nitrogens with two attached hydrogens (primary N) is 1. The van der Waals surface area contributed by atoms with Crippen LogP contribution in [0.2, 0.25) is 0 Å². The van der Waals surface area contributed by atoms with Crippen LogP contribution in [-0.2, 0) is 14.8 Å². The van der Waals surface area contributed by atoms with E-state index in [2.05, 4.69) is 0 Å². The summed E-state index contributed by atoms with van der Waals surface area (Å²) in [6.45, 7) is 1.93. The van der Waals surface area contributed by atoms with Gasteiger partial charge >= 0.3 is 5.97 Å². The maximum absolute atomic E-state index is 12.0. The molecule has 0 heterocycles. The van der Waals surface area contributed by atoms with E-state index in [0.29, 0.717) is 11.3 Å². The van der Waals surface area contributed by atoms with Crippen LogP contribution in [0.1, 0.15) is 15.9 Å². The van der Waals surface area contributed by atoms with Gasteiger partial charge in [-0.05, 0) is 36.8 Å². The molecule has 23 heavy (non-hydrogen) atoms. The van der Waals surface area contributed by atoms with Crippen molar-refractivity contribution in [2.75, 3.05) is 13.2 Å². The number of ether oxygens (including phenoxy) is 2. The second kappa shape index (κ2) is 7.26. The first-order valence-electron chi connectivity index (χ1n) is 6.86. The van der Waals surface area contributed by atoms with Crippen molar-refractivity contribution in [3.8, 4) is 5.75 Å². The van der Waals surface area contributed by atoms with Crippen molar-refractivity contribution in [3.63, 3.8) is 0 Å². The lowest BCUT2D eigenvalue weighted by molar-refractivity contribution is 0.0449. The number of hydrogen-bond donors (Lipinski definition) is 1. The van der Waals surface area contributed by atoms with Gasteiger partial charge < -0.3 is 9.47 Å². The van der Waals surface area contributed by atoms with E-state index in [9.17, 15) is 13.2 Å². The molecule has 6 nitrogen and oxygen atoms in total. The van der Waals surface area contributed by atoms with Gasteiger partial charge in [0.05, 0.1) is 10.5 Å². The lowest BCUT2D eigenvalue weighted by Crippen LogP contribution is -2.16. The first-order valence-corrected chi connectivity index (χ1v) is 8.41. The standard InChI is InChI=1S/C16H17NO5S/c1-12-7-8-14(23(17,19)20)11-15(12)16(18)22-10-9-21-13-5-3-2-4-6-13/h2-8,11H,9-10H2,1H3,(H2,17,19,20). The number of para-hydroxylation sites is 1. The Labute approximate surface area is 134 Å². The molecule has 2 aromatic carbocycles. The Bertz CT molecular complexity index is 787. The monoisotopic (exact) mass is 335 g/mol. The Morgan fingerprint density at radius 2 is 1.78 bits per heavy atom. The van der Waals surface area contributed by atoms with Crippen molar-refractivity contribution in [1.82, 2.24) is 0 Å². The van der Waals surface area contributed by atoms with E-state index < -0.39 is 16.0 Å². The Kier molecular flexibility index (Phi) is 5.36. The third-order valence-corrected chi connectivity index (χ3v) is 4.00. The molecule has 7 heteroatoms.